The fourth-order valence-electron chi connectivity index (χ4n) is 4.30. The van der Waals surface area contributed by atoms with Crippen molar-refractivity contribution < 1.29 is 17.9 Å². The minimum atomic E-state index is -3.84. The summed E-state index contributed by atoms with van der Waals surface area (Å²) < 4.78 is 34.0. The number of hydrogen-bond donors (Lipinski definition) is 1. The van der Waals surface area contributed by atoms with Gasteiger partial charge in [0.05, 0.1) is 28.8 Å². The SMILES string of the molecule is COc1ccc([C@H]2N(C(=O)CSc3nc4ccccc4[nH]3)CCN2S(=O)(=O)c2ccc(C)cc2)cc1. The first kappa shape index (κ1) is 24.4. The Hall–Kier alpha value is -3.34. The Morgan fingerprint density at radius 1 is 1.06 bits per heavy atom. The van der Waals surface area contributed by atoms with E-state index >= 15 is 0 Å². The molecule has 1 N–H and O–H groups in total. The molecule has 8 nitrogen and oxygen atoms in total. The van der Waals surface area contributed by atoms with Crippen molar-refractivity contribution in [2.45, 2.75) is 23.1 Å². The number of aromatic nitrogens is 2. The minimum absolute atomic E-state index is 0.130. The Kier molecular flexibility index (Phi) is 6.74. The third-order valence-corrected chi connectivity index (χ3v) is 8.92. The Labute approximate surface area is 214 Å². The zero-order chi connectivity index (χ0) is 25.3. The van der Waals surface area contributed by atoms with Gasteiger partial charge in [-0.05, 0) is 48.9 Å². The molecule has 36 heavy (non-hydrogen) atoms. The molecule has 3 aromatic carbocycles. The van der Waals surface area contributed by atoms with Crippen LogP contribution in [0.3, 0.4) is 0 Å². The Morgan fingerprint density at radius 3 is 2.47 bits per heavy atom. The van der Waals surface area contributed by atoms with Gasteiger partial charge in [-0.2, -0.15) is 4.31 Å². The second kappa shape index (κ2) is 9.96. The number of rotatable bonds is 7. The van der Waals surface area contributed by atoms with Crippen molar-refractivity contribution in [2.24, 2.45) is 0 Å². The highest BCUT2D eigenvalue weighted by Crippen LogP contribution is 2.36. The van der Waals surface area contributed by atoms with Crippen molar-refractivity contribution in [2.75, 3.05) is 26.0 Å². The fraction of sp³-hybridized carbons (Fsp3) is 0.231. The topological polar surface area (TPSA) is 95.6 Å². The van der Waals surface area contributed by atoms with Crippen LogP contribution in [0.15, 0.2) is 82.8 Å². The molecule has 1 aromatic heterocycles. The van der Waals surface area contributed by atoms with Crippen molar-refractivity contribution >= 4 is 38.7 Å². The minimum Gasteiger partial charge on any atom is -0.497 e. The molecule has 5 rings (SSSR count). The number of para-hydroxylation sites is 2. The van der Waals surface area contributed by atoms with Crippen molar-refractivity contribution in [3.05, 3.63) is 83.9 Å². The molecular formula is C26H26N4O4S2. The Bertz CT molecular complexity index is 1450. The summed E-state index contributed by atoms with van der Waals surface area (Å²) >= 11 is 1.31. The number of ether oxygens (including phenoxy) is 1. The van der Waals surface area contributed by atoms with Gasteiger partial charge in [-0.1, -0.05) is 53.7 Å². The van der Waals surface area contributed by atoms with Crippen molar-refractivity contribution in [3.63, 3.8) is 0 Å². The van der Waals surface area contributed by atoms with E-state index in [9.17, 15) is 13.2 Å². The van der Waals surface area contributed by atoms with E-state index < -0.39 is 16.2 Å². The van der Waals surface area contributed by atoms with Crippen molar-refractivity contribution in [1.29, 1.82) is 0 Å². The van der Waals surface area contributed by atoms with Crippen LogP contribution in [0.1, 0.15) is 17.3 Å². The molecule has 0 bridgehead atoms. The molecule has 1 saturated heterocycles. The number of aryl methyl sites for hydroxylation is 1. The van der Waals surface area contributed by atoms with E-state index in [4.69, 9.17) is 4.74 Å². The van der Waals surface area contributed by atoms with Crippen LogP contribution in [0.5, 0.6) is 5.75 Å². The number of sulfonamides is 1. The highest BCUT2D eigenvalue weighted by Gasteiger charge is 2.43. The third-order valence-electron chi connectivity index (χ3n) is 6.19. The van der Waals surface area contributed by atoms with E-state index in [0.717, 1.165) is 16.6 Å². The lowest BCUT2D eigenvalue weighted by Gasteiger charge is -2.30. The molecule has 2 heterocycles. The van der Waals surface area contributed by atoms with Gasteiger partial charge in [-0.3, -0.25) is 4.79 Å². The number of methoxy groups -OCH3 is 1. The summed E-state index contributed by atoms with van der Waals surface area (Å²) in [6.07, 6.45) is -0.758. The number of benzene rings is 3. The fourth-order valence-corrected chi connectivity index (χ4v) is 6.64. The molecule has 10 heteroatoms. The van der Waals surface area contributed by atoms with Gasteiger partial charge in [0, 0.05) is 13.1 Å². The van der Waals surface area contributed by atoms with Crippen LogP contribution in [0.4, 0.5) is 0 Å². The number of imidazole rings is 1. The number of hydrogen-bond acceptors (Lipinski definition) is 6. The largest absolute Gasteiger partial charge is 0.497 e. The molecule has 1 fully saturated rings. The number of carbonyl (C=O) groups excluding carboxylic acids is 1. The van der Waals surface area contributed by atoms with Crippen LogP contribution in [0, 0.1) is 6.92 Å². The standard InChI is InChI=1S/C26H26N4O4S2/c1-18-7-13-21(14-8-18)36(32,33)30-16-15-29(25(30)19-9-11-20(34-2)12-10-19)24(31)17-35-26-27-22-5-3-4-6-23(22)28-26/h3-14,25H,15-17H2,1-2H3,(H,27,28)/t25-/m0/s1. The van der Waals surface area contributed by atoms with E-state index in [1.54, 1.807) is 60.5 Å². The van der Waals surface area contributed by atoms with Crippen molar-refractivity contribution in [3.8, 4) is 5.75 Å². The van der Waals surface area contributed by atoms with E-state index in [1.807, 2.05) is 31.2 Å². The van der Waals surface area contributed by atoms with Crippen LogP contribution in [-0.4, -0.2) is 59.5 Å². The summed E-state index contributed by atoms with van der Waals surface area (Å²) in [6, 6.07) is 21.6. The van der Waals surface area contributed by atoms with E-state index in [1.165, 1.54) is 16.1 Å². The molecule has 0 aliphatic carbocycles. The van der Waals surface area contributed by atoms with Gasteiger partial charge in [0.1, 0.15) is 11.9 Å². The van der Waals surface area contributed by atoms with Crippen LogP contribution < -0.4 is 4.74 Å². The van der Waals surface area contributed by atoms with Crippen LogP contribution >= 0.6 is 11.8 Å². The van der Waals surface area contributed by atoms with Crippen LogP contribution in [0.2, 0.25) is 0 Å². The smallest absolute Gasteiger partial charge is 0.245 e. The van der Waals surface area contributed by atoms with E-state index in [-0.39, 0.29) is 23.1 Å². The number of amides is 1. The maximum absolute atomic E-state index is 13.6. The van der Waals surface area contributed by atoms with Gasteiger partial charge < -0.3 is 14.6 Å². The molecular weight excluding hydrogens is 496 g/mol. The number of carbonyl (C=O) groups is 1. The summed E-state index contributed by atoms with van der Waals surface area (Å²) in [7, 11) is -2.26. The average Bonchev–Trinajstić information content (AvgIpc) is 3.52. The lowest BCUT2D eigenvalue weighted by Crippen LogP contribution is -2.38. The zero-order valence-corrected chi connectivity index (χ0v) is 21.6. The summed E-state index contributed by atoms with van der Waals surface area (Å²) in [5, 5.41) is 0.647. The first-order valence-corrected chi connectivity index (χ1v) is 13.9. The van der Waals surface area contributed by atoms with Crippen molar-refractivity contribution in [1.82, 2.24) is 19.2 Å². The van der Waals surface area contributed by atoms with Gasteiger partial charge in [0.25, 0.3) is 0 Å². The van der Waals surface area contributed by atoms with Gasteiger partial charge in [-0.25, -0.2) is 13.4 Å². The second-order valence-corrected chi connectivity index (χ2v) is 11.4. The first-order valence-electron chi connectivity index (χ1n) is 11.5. The van der Waals surface area contributed by atoms with Gasteiger partial charge >= 0.3 is 0 Å². The highest BCUT2D eigenvalue weighted by molar-refractivity contribution is 7.99. The molecule has 1 amide bonds. The number of aromatic amines is 1. The molecule has 186 valence electrons. The number of thioether (sulfide) groups is 1. The summed E-state index contributed by atoms with van der Waals surface area (Å²) in [4.78, 5) is 23.0. The van der Waals surface area contributed by atoms with Crippen LogP contribution in [0.25, 0.3) is 11.0 Å². The maximum atomic E-state index is 13.6. The number of fused-ring (bicyclic) bond motifs is 1. The molecule has 1 aliphatic heterocycles. The molecule has 1 aliphatic rings. The van der Waals surface area contributed by atoms with Crippen LogP contribution in [-0.2, 0) is 14.8 Å². The number of nitrogens with one attached hydrogen (secondary N) is 1. The third kappa shape index (κ3) is 4.71. The molecule has 0 unspecified atom stereocenters. The molecule has 0 radical (unpaired) electrons. The van der Waals surface area contributed by atoms with Gasteiger partial charge in [0.15, 0.2) is 5.16 Å². The highest BCUT2D eigenvalue weighted by atomic mass is 32.2. The van der Waals surface area contributed by atoms with Gasteiger partial charge in [0.2, 0.25) is 15.9 Å². The molecule has 0 saturated carbocycles. The van der Waals surface area contributed by atoms with E-state index in [0.29, 0.717) is 23.0 Å². The monoisotopic (exact) mass is 522 g/mol. The number of H-pyrrole nitrogens is 1. The lowest BCUT2D eigenvalue weighted by molar-refractivity contribution is -0.130. The predicted molar refractivity (Wildman–Crippen MR) is 139 cm³/mol. The van der Waals surface area contributed by atoms with E-state index in [2.05, 4.69) is 9.97 Å². The second-order valence-electron chi connectivity index (χ2n) is 8.51. The maximum Gasteiger partial charge on any atom is 0.245 e. The Morgan fingerprint density at radius 2 is 1.78 bits per heavy atom. The summed E-state index contributed by atoms with van der Waals surface area (Å²) in [6.45, 7) is 2.40. The molecule has 4 aromatic rings. The Balaban J connectivity index is 1.42. The molecule has 0 spiro atoms. The zero-order valence-electron chi connectivity index (χ0n) is 19.9. The number of nitrogens with zero attached hydrogens (tertiary/aromatic N) is 3. The lowest BCUT2D eigenvalue weighted by atomic mass is 10.1. The molecule has 1 atom stereocenters. The quantitative estimate of drug-likeness (QED) is 0.366. The summed E-state index contributed by atoms with van der Waals surface area (Å²) in [5.74, 6) is 0.621. The normalized spacial score (nSPS) is 16.5. The summed E-state index contributed by atoms with van der Waals surface area (Å²) in [5.41, 5.74) is 3.41. The first-order chi connectivity index (χ1) is 17.4. The van der Waals surface area contributed by atoms with Gasteiger partial charge in [-0.15, -0.1) is 0 Å². The average molecular weight is 523 g/mol. The predicted octanol–water partition coefficient (Wildman–Crippen LogP) is 4.20.